The summed E-state index contributed by atoms with van der Waals surface area (Å²) in [7, 11) is 0. The van der Waals surface area contributed by atoms with Crippen molar-refractivity contribution < 1.29 is 4.39 Å². The Labute approximate surface area is 137 Å². The molecule has 0 fully saturated rings. The molecule has 2 heteroatoms. The number of rotatable bonds is 2. The molecule has 118 valence electrons. The van der Waals surface area contributed by atoms with E-state index in [0.717, 1.165) is 6.42 Å². The fourth-order valence-corrected chi connectivity index (χ4v) is 4.13. The van der Waals surface area contributed by atoms with E-state index in [0.29, 0.717) is 17.8 Å². The topological polar surface area (TPSA) is 12.0 Å². The lowest BCUT2D eigenvalue weighted by Gasteiger charge is -2.39. The lowest BCUT2D eigenvalue weighted by molar-refractivity contribution is 0.424. The van der Waals surface area contributed by atoms with E-state index in [1.807, 2.05) is 12.1 Å². The van der Waals surface area contributed by atoms with Gasteiger partial charge in [-0.05, 0) is 47.1 Å². The lowest BCUT2D eigenvalue weighted by atomic mass is 9.75. The van der Waals surface area contributed by atoms with Crippen LogP contribution in [0, 0.1) is 11.7 Å². The molecule has 0 radical (unpaired) electrons. The van der Waals surface area contributed by atoms with Crippen LogP contribution in [0.2, 0.25) is 0 Å². The van der Waals surface area contributed by atoms with Crippen molar-refractivity contribution in [3.63, 3.8) is 0 Å². The van der Waals surface area contributed by atoms with E-state index in [1.165, 1.54) is 22.4 Å². The summed E-state index contributed by atoms with van der Waals surface area (Å²) in [6, 6.07) is 13.9. The van der Waals surface area contributed by atoms with Crippen LogP contribution < -0.4 is 5.32 Å². The van der Waals surface area contributed by atoms with Gasteiger partial charge in [-0.1, -0.05) is 56.3 Å². The highest BCUT2D eigenvalue weighted by Crippen LogP contribution is 2.51. The minimum Gasteiger partial charge on any atom is -0.377 e. The standard InChI is InChI=1S/C21H22FN/c1-13(2)16-5-3-8-19-17-6-4-7-18(17)20(23-21(16)19)14-9-11-15(22)12-10-14/h3-6,8-13,17-18,20,23H,7H2,1-2H3/t17-,18-,20+/m0/s1. The Bertz CT molecular complexity index is 745. The summed E-state index contributed by atoms with van der Waals surface area (Å²) in [5.41, 5.74) is 5.24. The summed E-state index contributed by atoms with van der Waals surface area (Å²) in [5.74, 6) is 1.28. The Morgan fingerprint density at radius 1 is 1.09 bits per heavy atom. The molecular formula is C21H22FN. The maximum absolute atomic E-state index is 13.3. The molecule has 0 saturated carbocycles. The molecule has 2 aromatic rings. The minimum absolute atomic E-state index is 0.172. The number of nitrogens with one attached hydrogen (secondary N) is 1. The lowest BCUT2D eigenvalue weighted by Crippen LogP contribution is -2.29. The Hall–Kier alpha value is -2.09. The quantitative estimate of drug-likeness (QED) is 0.694. The summed E-state index contributed by atoms with van der Waals surface area (Å²) in [6.07, 6.45) is 5.72. The van der Waals surface area contributed by atoms with Gasteiger partial charge in [0, 0.05) is 11.6 Å². The monoisotopic (exact) mass is 307 g/mol. The van der Waals surface area contributed by atoms with Crippen molar-refractivity contribution in [2.24, 2.45) is 5.92 Å². The van der Waals surface area contributed by atoms with Crippen molar-refractivity contribution in [3.05, 3.63) is 77.1 Å². The molecule has 0 spiro atoms. The van der Waals surface area contributed by atoms with Gasteiger partial charge in [-0.15, -0.1) is 0 Å². The number of halogens is 1. The van der Waals surface area contributed by atoms with Crippen LogP contribution in [0.25, 0.3) is 0 Å². The molecule has 1 heterocycles. The maximum atomic E-state index is 13.3. The van der Waals surface area contributed by atoms with E-state index in [9.17, 15) is 4.39 Å². The van der Waals surface area contributed by atoms with E-state index in [4.69, 9.17) is 0 Å². The SMILES string of the molecule is CC(C)c1cccc2c1N[C@H](c1ccc(F)cc1)[C@H]1CC=C[C@H]21. The van der Waals surface area contributed by atoms with Crippen LogP contribution >= 0.6 is 0 Å². The van der Waals surface area contributed by atoms with Crippen molar-refractivity contribution in [3.8, 4) is 0 Å². The van der Waals surface area contributed by atoms with Crippen LogP contribution in [0.1, 0.15) is 54.8 Å². The molecule has 1 aliphatic heterocycles. The van der Waals surface area contributed by atoms with E-state index < -0.39 is 0 Å². The van der Waals surface area contributed by atoms with Crippen molar-refractivity contribution in [2.75, 3.05) is 5.32 Å². The van der Waals surface area contributed by atoms with E-state index in [1.54, 1.807) is 12.1 Å². The second kappa shape index (κ2) is 5.52. The molecule has 0 bridgehead atoms. The maximum Gasteiger partial charge on any atom is 0.123 e. The molecule has 2 aromatic carbocycles. The van der Waals surface area contributed by atoms with E-state index in [-0.39, 0.29) is 11.9 Å². The molecule has 4 rings (SSSR count). The highest BCUT2D eigenvalue weighted by molar-refractivity contribution is 5.65. The van der Waals surface area contributed by atoms with Crippen molar-refractivity contribution in [2.45, 2.75) is 38.1 Å². The van der Waals surface area contributed by atoms with Gasteiger partial charge in [0.05, 0.1) is 6.04 Å². The molecule has 2 aliphatic rings. The summed E-state index contributed by atoms with van der Waals surface area (Å²) >= 11 is 0. The fourth-order valence-electron chi connectivity index (χ4n) is 4.13. The number of anilines is 1. The number of allylic oxidation sites excluding steroid dienone is 2. The van der Waals surface area contributed by atoms with Gasteiger partial charge in [0.2, 0.25) is 0 Å². The smallest absolute Gasteiger partial charge is 0.123 e. The first kappa shape index (κ1) is 14.5. The van der Waals surface area contributed by atoms with Crippen LogP contribution in [-0.4, -0.2) is 0 Å². The highest BCUT2D eigenvalue weighted by atomic mass is 19.1. The molecular weight excluding hydrogens is 285 g/mol. The zero-order chi connectivity index (χ0) is 16.0. The summed E-state index contributed by atoms with van der Waals surface area (Å²) < 4.78 is 13.3. The Morgan fingerprint density at radius 3 is 2.61 bits per heavy atom. The van der Waals surface area contributed by atoms with Gasteiger partial charge in [-0.25, -0.2) is 4.39 Å². The molecule has 23 heavy (non-hydrogen) atoms. The average molecular weight is 307 g/mol. The second-order valence-corrected chi connectivity index (χ2v) is 6.99. The van der Waals surface area contributed by atoms with Gasteiger partial charge >= 0.3 is 0 Å². The first-order valence-corrected chi connectivity index (χ1v) is 8.46. The zero-order valence-corrected chi connectivity index (χ0v) is 13.6. The molecule has 0 unspecified atom stereocenters. The van der Waals surface area contributed by atoms with Gasteiger partial charge in [0.25, 0.3) is 0 Å². The Kier molecular flexibility index (Phi) is 3.48. The molecule has 0 saturated heterocycles. The van der Waals surface area contributed by atoms with Gasteiger partial charge in [0.1, 0.15) is 5.82 Å². The van der Waals surface area contributed by atoms with Gasteiger partial charge < -0.3 is 5.32 Å². The van der Waals surface area contributed by atoms with Crippen LogP contribution in [0.15, 0.2) is 54.6 Å². The molecule has 0 aromatic heterocycles. The minimum atomic E-state index is -0.172. The number of fused-ring (bicyclic) bond motifs is 3. The van der Waals surface area contributed by atoms with Crippen LogP contribution in [0.3, 0.4) is 0 Å². The first-order valence-electron chi connectivity index (χ1n) is 8.46. The largest absolute Gasteiger partial charge is 0.377 e. The molecule has 1 N–H and O–H groups in total. The normalized spacial score (nSPS) is 25.1. The van der Waals surface area contributed by atoms with Crippen LogP contribution in [0.5, 0.6) is 0 Å². The third-order valence-corrected chi connectivity index (χ3v) is 5.28. The fraction of sp³-hybridized carbons (Fsp3) is 0.333. The molecule has 1 nitrogen and oxygen atoms in total. The van der Waals surface area contributed by atoms with Gasteiger partial charge in [-0.3, -0.25) is 0 Å². The second-order valence-electron chi connectivity index (χ2n) is 6.99. The summed E-state index contributed by atoms with van der Waals surface area (Å²) in [4.78, 5) is 0. The number of para-hydroxylation sites is 1. The third-order valence-electron chi connectivity index (χ3n) is 5.28. The Morgan fingerprint density at radius 2 is 1.87 bits per heavy atom. The van der Waals surface area contributed by atoms with Crippen LogP contribution in [0.4, 0.5) is 10.1 Å². The van der Waals surface area contributed by atoms with Crippen LogP contribution in [-0.2, 0) is 0 Å². The van der Waals surface area contributed by atoms with Gasteiger partial charge in [0.15, 0.2) is 0 Å². The summed E-state index contributed by atoms with van der Waals surface area (Å²) in [6.45, 7) is 4.47. The van der Waals surface area contributed by atoms with E-state index >= 15 is 0 Å². The number of hydrogen-bond donors (Lipinski definition) is 1. The van der Waals surface area contributed by atoms with Gasteiger partial charge in [-0.2, -0.15) is 0 Å². The first-order chi connectivity index (χ1) is 11.1. The number of hydrogen-bond acceptors (Lipinski definition) is 1. The Balaban J connectivity index is 1.82. The number of benzene rings is 2. The summed E-state index contributed by atoms with van der Waals surface area (Å²) in [5, 5.41) is 3.79. The third kappa shape index (κ3) is 2.37. The molecule has 3 atom stereocenters. The van der Waals surface area contributed by atoms with E-state index in [2.05, 4.69) is 49.5 Å². The predicted molar refractivity (Wildman–Crippen MR) is 93.3 cm³/mol. The molecule has 1 aliphatic carbocycles. The van der Waals surface area contributed by atoms with Crippen molar-refractivity contribution >= 4 is 5.69 Å². The molecule has 0 amide bonds. The zero-order valence-electron chi connectivity index (χ0n) is 13.6. The predicted octanol–water partition coefficient (Wildman–Crippen LogP) is 5.78. The highest BCUT2D eigenvalue weighted by Gasteiger charge is 2.38. The average Bonchev–Trinajstić information content (AvgIpc) is 3.04. The van der Waals surface area contributed by atoms with Crippen molar-refractivity contribution in [1.29, 1.82) is 0 Å². The van der Waals surface area contributed by atoms with Crippen molar-refractivity contribution in [1.82, 2.24) is 0 Å².